The lowest BCUT2D eigenvalue weighted by molar-refractivity contribution is -0.114. The van der Waals surface area contributed by atoms with Crippen LogP contribution >= 0.6 is 0 Å². The number of rotatable bonds is 4. The van der Waals surface area contributed by atoms with Crippen LogP contribution in [0.1, 0.15) is 18.2 Å². The Balaban J connectivity index is 1.67. The van der Waals surface area contributed by atoms with Crippen LogP contribution in [-0.2, 0) is 17.9 Å². The van der Waals surface area contributed by atoms with Gasteiger partial charge in [0.05, 0.1) is 37.7 Å². The molecule has 0 atom stereocenters. The van der Waals surface area contributed by atoms with Gasteiger partial charge in [-0.05, 0) is 12.1 Å². The maximum absolute atomic E-state index is 11.3. The molecule has 9 nitrogen and oxygen atoms in total. The summed E-state index contributed by atoms with van der Waals surface area (Å²) in [5.74, 6) is 1.35. The van der Waals surface area contributed by atoms with Crippen molar-refractivity contribution in [3.8, 4) is 28.8 Å². The van der Waals surface area contributed by atoms with Crippen LogP contribution in [-0.4, -0.2) is 40.1 Å². The summed E-state index contributed by atoms with van der Waals surface area (Å²) in [6.07, 6.45) is 0. The van der Waals surface area contributed by atoms with Crippen molar-refractivity contribution in [3.63, 3.8) is 0 Å². The summed E-state index contributed by atoms with van der Waals surface area (Å²) in [6.45, 7) is 2.37. The summed E-state index contributed by atoms with van der Waals surface area (Å²) < 4.78 is 18.3. The Labute approximate surface area is 161 Å². The minimum atomic E-state index is -0.124. The first kappa shape index (κ1) is 17.8. The molecule has 1 aliphatic rings. The Hall–Kier alpha value is -3.62. The number of amides is 1. The lowest BCUT2D eigenvalue weighted by Gasteiger charge is -2.10. The van der Waals surface area contributed by atoms with Gasteiger partial charge in [-0.15, -0.1) is 10.2 Å². The fourth-order valence-corrected chi connectivity index (χ4v) is 3.05. The molecule has 3 heterocycles. The largest absolute Gasteiger partial charge is 0.487 e. The molecule has 0 spiro atoms. The van der Waals surface area contributed by atoms with E-state index >= 15 is 0 Å². The van der Waals surface area contributed by atoms with Crippen molar-refractivity contribution in [2.45, 2.75) is 20.1 Å². The highest BCUT2D eigenvalue weighted by Crippen LogP contribution is 2.33. The highest BCUT2D eigenvalue weighted by Gasteiger charge is 2.20. The fourth-order valence-electron chi connectivity index (χ4n) is 3.05. The summed E-state index contributed by atoms with van der Waals surface area (Å²) in [6, 6.07) is 9.27. The predicted molar refractivity (Wildman–Crippen MR) is 101 cm³/mol. The predicted octanol–water partition coefficient (Wildman–Crippen LogP) is 2.26. The SMILES string of the molecule is COc1cc(-c2cc3n(n2)Cc2ccc(NC(C)=O)cc2OC3)c(OC)nn1. The molecule has 0 fully saturated rings. The van der Waals surface area contributed by atoms with Crippen LogP contribution in [0.15, 0.2) is 30.3 Å². The van der Waals surface area contributed by atoms with Crippen molar-refractivity contribution >= 4 is 11.6 Å². The summed E-state index contributed by atoms with van der Waals surface area (Å²) >= 11 is 0. The van der Waals surface area contributed by atoms with Crippen LogP contribution in [0.5, 0.6) is 17.5 Å². The zero-order chi connectivity index (χ0) is 19.7. The van der Waals surface area contributed by atoms with Crippen LogP contribution in [0.2, 0.25) is 0 Å². The van der Waals surface area contributed by atoms with E-state index in [1.165, 1.54) is 21.1 Å². The van der Waals surface area contributed by atoms with Gasteiger partial charge in [0.1, 0.15) is 12.4 Å². The Kier molecular flexibility index (Phi) is 4.56. The zero-order valence-electron chi connectivity index (χ0n) is 15.7. The molecular weight excluding hydrogens is 362 g/mol. The first-order valence-electron chi connectivity index (χ1n) is 8.63. The third kappa shape index (κ3) is 3.34. The van der Waals surface area contributed by atoms with Crippen molar-refractivity contribution in [2.24, 2.45) is 0 Å². The van der Waals surface area contributed by atoms with Gasteiger partial charge >= 0.3 is 0 Å². The van der Waals surface area contributed by atoms with Crippen molar-refractivity contribution in [1.29, 1.82) is 0 Å². The molecule has 1 N–H and O–H groups in total. The Morgan fingerprint density at radius 2 is 2.04 bits per heavy atom. The van der Waals surface area contributed by atoms with Crippen molar-refractivity contribution in [1.82, 2.24) is 20.0 Å². The molecule has 2 aromatic heterocycles. The molecule has 0 saturated carbocycles. The molecule has 9 heteroatoms. The van der Waals surface area contributed by atoms with E-state index in [-0.39, 0.29) is 5.91 Å². The lowest BCUT2D eigenvalue weighted by atomic mass is 10.2. The van der Waals surface area contributed by atoms with Crippen LogP contribution in [0.4, 0.5) is 5.69 Å². The number of aromatic nitrogens is 4. The maximum atomic E-state index is 11.3. The number of methoxy groups -OCH3 is 2. The zero-order valence-corrected chi connectivity index (χ0v) is 15.7. The molecule has 1 amide bonds. The molecular formula is C19H19N5O4. The van der Waals surface area contributed by atoms with E-state index in [0.29, 0.717) is 41.9 Å². The Morgan fingerprint density at radius 1 is 1.18 bits per heavy atom. The third-order valence-corrected chi connectivity index (χ3v) is 4.36. The second-order valence-electron chi connectivity index (χ2n) is 6.28. The molecule has 0 unspecified atom stereocenters. The fraction of sp³-hybridized carbons (Fsp3) is 0.263. The van der Waals surface area contributed by atoms with Gasteiger partial charge in [0.15, 0.2) is 0 Å². The van der Waals surface area contributed by atoms with Gasteiger partial charge in [-0.2, -0.15) is 5.10 Å². The highest BCUT2D eigenvalue weighted by molar-refractivity contribution is 5.88. The normalized spacial score (nSPS) is 12.2. The summed E-state index contributed by atoms with van der Waals surface area (Å²) in [5, 5.41) is 15.4. The Morgan fingerprint density at radius 3 is 2.79 bits per heavy atom. The molecule has 1 aromatic carbocycles. The number of ether oxygens (including phenoxy) is 3. The van der Waals surface area contributed by atoms with E-state index in [4.69, 9.17) is 19.3 Å². The number of hydrogen-bond acceptors (Lipinski definition) is 7. The second-order valence-corrected chi connectivity index (χ2v) is 6.28. The number of hydrogen-bond donors (Lipinski definition) is 1. The van der Waals surface area contributed by atoms with E-state index < -0.39 is 0 Å². The minimum Gasteiger partial charge on any atom is -0.487 e. The van der Waals surface area contributed by atoms with Crippen molar-refractivity contribution in [2.75, 3.05) is 19.5 Å². The van der Waals surface area contributed by atoms with Gasteiger partial charge in [0.25, 0.3) is 0 Å². The number of carbonyl (C=O) groups is 1. The number of carbonyl (C=O) groups excluding carboxylic acids is 1. The van der Waals surface area contributed by atoms with Crippen molar-refractivity contribution < 1.29 is 19.0 Å². The number of nitrogens with one attached hydrogen (secondary N) is 1. The molecule has 1 aliphatic heterocycles. The van der Waals surface area contributed by atoms with E-state index in [9.17, 15) is 4.79 Å². The van der Waals surface area contributed by atoms with Gasteiger partial charge < -0.3 is 19.5 Å². The van der Waals surface area contributed by atoms with Crippen LogP contribution in [0.25, 0.3) is 11.3 Å². The lowest BCUT2D eigenvalue weighted by Crippen LogP contribution is -2.06. The maximum Gasteiger partial charge on any atom is 0.243 e. The first-order valence-corrected chi connectivity index (χ1v) is 8.63. The smallest absolute Gasteiger partial charge is 0.243 e. The minimum absolute atomic E-state index is 0.124. The number of fused-ring (bicyclic) bond motifs is 2. The van der Waals surface area contributed by atoms with Crippen LogP contribution in [0.3, 0.4) is 0 Å². The van der Waals surface area contributed by atoms with E-state index in [0.717, 1.165) is 17.0 Å². The molecule has 0 saturated heterocycles. The standard InChI is InChI=1S/C19H19N5O4/c1-11(25)20-13-5-4-12-9-24-14(10-28-17(12)6-13)7-16(23-24)15-8-18(26-2)21-22-19(15)27-3/h4-8H,9-10H2,1-3H3,(H,20,25). The Bertz CT molecular complexity index is 1050. The van der Waals surface area contributed by atoms with Gasteiger partial charge in [-0.25, -0.2) is 0 Å². The molecule has 4 rings (SSSR count). The van der Waals surface area contributed by atoms with Crippen molar-refractivity contribution in [3.05, 3.63) is 41.6 Å². The number of benzene rings is 1. The number of anilines is 1. The summed E-state index contributed by atoms with van der Waals surface area (Å²) in [7, 11) is 3.07. The van der Waals surface area contributed by atoms with Gasteiger partial charge in [0, 0.05) is 30.3 Å². The second kappa shape index (κ2) is 7.18. The summed E-state index contributed by atoms with van der Waals surface area (Å²) in [5.41, 5.74) is 3.97. The number of nitrogens with zero attached hydrogens (tertiary/aromatic N) is 4. The molecule has 3 aromatic rings. The van der Waals surface area contributed by atoms with Crippen LogP contribution in [0, 0.1) is 0 Å². The van der Waals surface area contributed by atoms with Crippen LogP contribution < -0.4 is 19.5 Å². The third-order valence-electron chi connectivity index (χ3n) is 4.36. The highest BCUT2D eigenvalue weighted by atomic mass is 16.5. The molecule has 0 radical (unpaired) electrons. The van der Waals surface area contributed by atoms with Gasteiger partial charge in [0.2, 0.25) is 17.7 Å². The van der Waals surface area contributed by atoms with E-state index in [1.54, 1.807) is 6.07 Å². The van der Waals surface area contributed by atoms with E-state index in [1.807, 2.05) is 28.9 Å². The average Bonchev–Trinajstić information content (AvgIpc) is 3.01. The molecule has 144 valence electrons. The monoisotopic (exact) mass is 381 g/mol. The summed E-state index contributed by atoms with van der Waals surface area (Å²) in [4.78, 5) is 11.3. The molecule has 0 aliphatic carbocycles. The molecule has 0 bridgehead atoms. The average molecular weight is 381 g/mol. The quantitative estimate of drug-likeness (QED) is 0.740. The molecule has 28 heavy (non-hydrogen) atoms. The van der Waals surface area contributed by atoms with E-state index in [2.05, 4.69) is 15.5 Å². The van der Waals surface area contributed by atoms with Gasteiger partial charge in [-0.3, -0.25) is 9.48 Å². The van der Waals surface area contributed by atoms with Gasteiger partial charge in [-0.1, -0.05) is 6.07 Å². The topological polar surface area (TPSA) is 100 Å². The first-order chi connectivity index (χ1) is 13.6.